The number of piperidine rings is 1. The van der Waals surface area contributed by atoms with Gasteiger partial charge >= 0.3 is 0 Å². The molecule has 2 heterocycles. The molecule has 2 aliphatic rings. The van der Waals surface area contributed by atoms with E-state index in [0.29, 0.717) is 0 Å². The Kier molecular flexibility index (Phi) is 5.46. The molecule has 0 spiro atoms. The van der Waals surface area contributed by atoms with Crippen LogP contribution in [0.15, 0.2) is 0 Å². The van der Waals surface area contributed by atoms with Gasteiger partial charge in [0.2, 0.25) is 0 Å². The molecule has 0 aliphatic carbocycles. The first-order valence-corrected chi connectivity index (χ1v) is 8.00. The number of rotatable bonds is 4. The summed E-state index contributed by atoms with van der Waals surface area (Å²) in [6.45, 7) is 3.76. The van der Waals surface area contributed by atoms with Gasteiger partial charge in [0.25, 0.3) is 0 Å². The second kappa shape index (κ2) is 6.87. The average molecular weight is 242 g/mol. The van der Waals surface area contributed by atoms with Crippen LogP contribution in [0.4, 0.5) is 0 Å². The minimum absolute atomic E-state index is 0.798. The van der Waals surface area contributed by atoms with E-state index < -0.39 is 0 Å². The summed E-state index contributed by atoms with van der Waals surface area (Å²) >= 11 is 2.12. The minimum atomic E-state index is 0.798. The second-order valence-electron chi connectivity index (χ2n) is 5.34. The molecule has 1 N–H and O–H groups in total. The quantitative estimate of drug-likeness (QED) is 0.814. The normalized spacial score (nSPS) is 29.4. The first kappa shape index (κ1) is 12.7. The maximum absolute atomic E-state index is 3.70. The third-order valence-electron chi connectivity index (χ3n) is 4.08. The lowest BCUT2D eigenvalue weighted by Gasteiger charge is -2.33. The van der Waals surface area contributed by atoms with Crippen molar-refractivity contribution in [3.05, 3.63) is 0 Å². The molecule has 0 radical (unpaired) electrons. The van der Waals surface area contributed by atoms with Gasteiger partial charge in [-0.15, -0.1) is 0 Å². The van der Waals surface area contributed by atoms with Gasteiger partial charge in [-0.25, -0.2) is 0 Å². The van der Waals surface area contributed by atoms with Gasteiger partial charge in [-0.2, -0.15) is 11.8 Å². The fourth-order valence-corrected chi connectivity index (χ4v) is 4.01. The summed E-state index contributed by atoms with van der Waals surface area (Å²) in [6.07, 6.45) is 7.07. The van der Waals surface area contributed by atoms with Crippen LogP contribution in [0.1, 0.15) is 32.1 Å². The molecular weight excluding hydrogens is 216 g/mol. The molecule has 3 heteroatoms. The highest BCUT2D eigenvalue weighted by Gasteiger charge is 2.19. The van der Waals surface area contributed by atoms with Gasteiger partial charge in [0.1, 0.15) is 0 Å². The maximum Gasteiger partial charge on any atom is 0.0217 e. The van der Waals surface area contributed by atoms with Crippen LogP contribution in [0.2, 0.25) is 0 Å². The Morgan fingerprint density at radius 3 is 2.69 bits per heavy atom. The van der Waals surface area contributed by atoms with Crippen LogP contribution in [0, 0.1) is 5.92 Å². The summed E-state index contributed by atoms with van der Waals surface area (Å²) < 4.78 is 0. The number of hydrogen-bond donors (Lipinski definition) is 1. The highest BCUT2D eigenvalue weighted by atomic mass is 32.2. The van der Waals surface area contributed by atoms with Gasteiger partial charge in [-0.3, -0.25) is 0 Å². The van der Waals surface area contributed by atoms with E-state index in [4.69, 9.17) is 0 Å². The van der Waals surface area contributed by atoms with Crippen molar-refractivity contribution < 1.29 is 0 Å². The lowest BCUT2D eigenvalue weighted by atomic mass is 10.0. The Morgan fingerprint density at radius 1 is 1.12 bits per heavy atom. The smallest absolute Gasteiger partial charge is 0.0217 e. The van der Waals surface area contributed by atoms with E-state index in [2.05, 4.69) is 29.0 Å². The molecule has 2 nitrogen and oxygen atoms in total. The first-order chi connectivity index (χ1) is 7.86. The Balaban J connectivity index is 1.59. The van der Waals surface area contributed by atoms with E-state index in [1.165, 1.54) is 63.2 Å². The molecule has 16 heavy (non-hydrogen) atoms. The van der Waals surface area contributed by atoms with Gasteiger partial charge < -0.3 is 10.2 Å². The Hall–Kier alpha value is 0.270. The summed E-state index contributed by atoms with van der Waals surface area (Å²) in [6, 6.07) is 0.798. The first-order valence-electron chi connectivity index (χ1n) is 6.85. The maximum atomic E-state index is 3.70. The third-order valence-corrected chi connectivity index (χ3v) is 5.12. The average Bonchev–Trinajstić information content (AvgIpc) is 2.33. The fraction of sp³-hybridized carbons (Fsp3) is 1.00. The predicted octanol–water partition coefficient (Wildman–Crippen LogP) is 2.20. The highest BCUT2D eigenvalue weighted by Crippen LogP contribution is 2.22. The Labute approximate surface area is 105 Å². The second-order valence-corrected chi connectivity index (χ2v) is 6.57. The predicted molar refractivity (Wildman–Crippen MR) is 73.2 cm³/mol. The number of nitrogens with one attached hydrogen (secondary N) is 1. The van der Waals surface area contributed by atoms with Crippen molar-refractivity contribution in [1.29, 1.82) is 0 Å². The molecule has 2 fully saturated rings. The minimum Gasteiger partial charge on any atom is -0.315 e. The van der Waals surface area contributed by atoms with E-state index in [1.54, 1.807) is 0 Å². The van der Waals surface area contributed by atoms with Crippen LogP contribution in [0.5, 0.6) is 0 Å². The van der Waals surface area contributed by atoms with E-state index in [1.807, 2.05) is 0 Å². The van der Waals surface area contributed by atoms with E-state index >= 15 is 0 Å². The van der Waals surface area contributed by atoms with Crippen molar-refractivity contribution >= 4 is 11.8 Å². The largest absolute Gasteiger partial charge is 0.315 e. The SMILES string of the molecule is CN1CCCCC1CNCC1CCSCC1. The van der Waals surface area contributed by atoms with Gasteiger partial charge in [0.15, 0.2) is 0 Å². The lowest BCUT2D eigenvalue weighted by Crippen LogP contribution is -2.44. The van der Waals surface area contributed by atoms with Crippen LogP contribution in [0.25, 0.3) is 0 Å². The van der Waals surface area contributed by atoms with Crippen LogP contribution < -0.4 is 5.32 Å². The molecule has 0 amide bonds. The van der Waals surface area contributed by atoms with Crippen molar-refractivity contribution in [2.75, 3.05) is 38.2 Å². The van der Waals surface area contributed by atoms with Gasteiger partial charge in [-0.1, -0.05) is 6.42 Å². The number of nitrogens with zero attached hydrogens (tertiary/aromatic N) is 1. The van der Waals surface area contributed by atoms with E-state index in [0.717, 1.165) is 12.0 Å². The summed E-state index contributed by atoms with van der Waals surface area (Å²) in [5.41, 5.74) is 0. The van der Waals surface area contributed by atoms with Gasteiger partial charge in [0.05, 0.1) is 0 Å². The number of thioether (sulfide) groups is 1. The molecule has 1 unspecified atom stereocenters. The zero-order valence-electron chi connectivity index (χ0n) is 10.6. The zero-order valence-corrected chi connectivity index (χ0v) is 11.4. The monoisotopic (exact) mass is 242 g/mol. The van der Waals surface area contributed by atoms with Gasteiger partial charge in [-0.05, 0) is 63.2 Å². The summed E-state index contributed by atoms with van der Waals surface area (Å²) in [7, 11) is 2.28. The number of hydrogen-bond acceptors (Lipinski definition) is 3. The van der Waals surface area contributed by atoms with Crippen LogP contribution >= 0.6 is 11.8 Å². The molecule has 0 aromatic rings. The van der Waals surface area contributed by atoms with Gasteiger partial charge in [0, 0.05) is 12.6 Å². The van der Waals surface area contributed by atoms with Crippen molar-refractivity contribution in [1.82, 2.24) is 10.2 Å². The van der Waals surface area contributed by atoms with Crippen molar-refractivity contribution in [2.45, 2.75) is 38.1 Å². The van der Waals surface area contributed by atoms with Crippen LogP contribution in [0.3, 0.4) is 0 Å². The lowest BCUT2D eigenvalue weighted by molar-refractivity contribution is 0.179. The van der Waals surface area contributed by atoms with Crippen molar-refractivity contribution in [2.24, 2.45) is 5.92 Å². The van der Waals surface area contributed by atoms with Crippen LogP contribution in [-0.2, 0) is 0 Å². The molecule has 2 aliphatic heterocycles. The number of likely N-dealkylation sites (N-methyl/N-ethyl adjacent to an activating group) is 1. The fourth-order valence-electron chi connectivity index (χ4n) is 2.81. The molecule has 1 atom stereocenters. The Morgan fingerprint density at radius 2 is 1.94 bits per heavy atom. The summed E-state index contributed by atoms with van der Waals surface area (Å²) in [5.74, 6) is 3.72. The molecular formula is C13H26N2S. The highest BCUT2D eigenvalue weighted by molar-refractivity contribution is 7.99. The standard InChI is InChI=1S/C13H26N2S/c1-15-7-3-2-4-13(15)11-14-10-12-5-8-16-9-6-12/h12-14H,2-11H2,1H3. The van der Waals surface area contributed by atoms with E-state index in [9.17, 15) is 0 Å². The molecule has 2 rings (SSSR count). The molecule has 0 aromatic carbocycles. The van der Waals surface area contributed by atoms with Crippen LogP contribution in [-0.4, -0.2) is 49.1 Å². The molecule has 0 bridgehead atoms. The molecule has 0 saturated carbocycles. The molecule has 94 valence electrons. The molecule has 0 aromatic heterocycles. The Bertz CT molecular complexity index is 192. The van der Waals surface area contributed by atoms with Crippen molar-refractivity contribution in [3.63, 3.8) is 0 Å². The summed E-state index contributed by atoms with van der Waals surface area (Å²) in [5, 5.41) is 3.70. The zero-order chi connectivity index (χ0) is 11.2. The topological polar surface area (TPSA) is 15.3 Å². The van der Waals surface area contributed by atoms with E-state index in [-0.39, 0.29) is 0 Å². The number of likely N-dealkylation sites (tertiary alicyclic amines) is 1. The van der Waals surface area contributed by atoms with Crippen molar-refractivity contribution in [3.8, 4) is 0 Å². The summed E-state index contributed by atoms with van der Waals surface area (Å²) in [4.78, 5) is 2.53. The molecule has 2 saturated heterocycles. The third kappa shape index (κ3) is 3.94.